The smallest absolute Gasteiger partial charge is 0.220 e. The normalized spacial score (nSPS) is 15.2. The van der Waals surface area contributed by atoms with Crippen molar-refractivity contribution in [1.82, 2.24) is 5.32 Å². The fourth-order valence-corrected chi connectivity index (χ4v) is 2.91. The van der Waals surface area contributed by atoms with Crippen LogP contribution in [0.4, 0.5) is 0 Å². The fourth-order valence-electron chi connectivity index (χ4n) is 2.91. The van der Waals surface area contributed by atoms with Gasteiger partial charge in [-0.05, 0) is 56.2 Å². The van der Waals surface area contributed by atoms with Gasteiger partial charge in [0, 0.05) is 19.6 Å². The molecule has 0 aromatic heterocycles. The zero-order valence-electron chi connectivity index (χ0n) is 14.0. The van der Waals surface area contributed by atoms with Crippen molar-refractivity contribution in [3.05, 3.63) is 34.9 Å². The standard InChI is InChI=1S/C19H29NO2/c1-15-8-9-17(14-16(15)2)10-11-19(21)20-12-5-13-22-18-6-3-4-7-18/h8-9,14,18H,3-7,10-13H2,1-2H3,(H,20,21). The molecule has 1 aromatic carbocycles. The molecular formula is C19H29NO2. The van der Waals surface area contributed by atoms with E-state index < -0.39 is 0 Å². The van der Waals surface area contributed by atoms with Crippen LogP contribution in [-0.2, 0) is 16.0 Å². The molecule has 1 aliphatic rings. The lowest BCUT2D eigenvalue weighted by atomic mass is 10.0. The van der Waals surface area contributed by atoms with Gasteiger partial charge in [0.25, 0.3) is 0 Å². The molecule has 1 aliphatic carbocycles. The lowest BCUT2D eigenvalue weighted by Gasteiger charge is -2.11. The maximum atomic E-state index is 11.8. The average Bonchev–Trinajstić information content (AvgIpc) is 3.01. The Bertz CT molecular complexity index is 478. The summed E-state index contributed by atoms with van der Waals surface area (Å²) in [6.07, 6.45) is 7.79. The number of nitrogens with one attached hydrogen (secondary N) is 1. The first-order chi connectivity index (χ1) is 10.6. The maximum Gasteiger partial charge on any atom is 0.220 e. The van der Waals surface area contributed by atoms with E-state index in [1.807, 2.05) is 0 Å². The molecule has 3 nitrogen and oxygen atoms in total. The third kappa shape index (κ3) is 5.80. The zero-order valence-corrected chi connectivity index (χ0v) is 14.0. The number of amides is 1. The average molecular weight is 303 g/mol. The quantitative estimate of drug-likeness (QED) is 0.744. The summed E-state index contributed by atoms with van der Waals surface area (Å²) in [6, 6.07) is 6.42. The van der Waals surface area contributed by atoms with Gasteiger partial charge in [0.05, 0.1) is 6.10 Å². The van der Waals surface area contributed by atoms with Gasteiger partial charge in [0.2, 0.25) is 5.91 Å². The first-order valence-corrected chi connectivity index (χ1v) is 8.59. The van der Waals surface area contributed by atoms with Crippen LogP contribution in [-0.4, -0.2) is 25.2 Å². The molecule has 1 amide bonds. The van der Waals surface area contributed by atoms with E-state index >= 15 is 0 Å². The highest BCUT2D eigenvalue weighted by Gasteiger charge is 2.14. The summed E-state index contributed by atoms with van der Waals surface area (Å²) in [7, 11) is 0. The Hall–Kier alpha value is -1.35. The van der Waals surface area contributed by atoms with Gasteiger partial charge in [0.15, 0.2) is 0 Å². The number of rotatable bonds is 8. The van der Waals surface area contributed by atoms with Crippen molar-refractivity contribution in [2.24, 2.45) is 0 Å². The van der Waals surface area contributed by atoms with Gasteiger partial charge in [-0.3, -0.25) is 4.79 Å². The monoisotopic (exact) mass is 303 g/mol. The zero-order chi connectivity index (χ0) is 15.8. The highest BCUT2D eigenvalue weighted by atomic mass is 16.5. The number of benzene rings is 1. The van der Waals surface area contributed by atoms with E-state index in [1.165, 1.54) is 42.4 Å². The van der Waals surface area contributed by atoms with Crippen molar-refractivity contribution in [3.8, 4) is 0 Å². The summed E-state index contributed by atoms with van der Waals surface area (Å²) in [6.45, 7) is 5.71. The van der Waals surface area contributed by atoms with E-state index in [9.17, 15) is 4.79 Å². The van der Waals surface area contributed by atoms with Crippen LogP contribution in [0.25, 0.3) is 0 Å². The second-order valence-electron chi connectivity index (χ2n) is 6.40. The summed E-state index contributed by atoms with van der Waals surface area (Å²) < 4.78 is 5.79. The SMILES string of the molecule is Cc1ccc(CCC(=O)NCCCOC2CCCC2)cc1C. The molecule has 0 aliphatic heterocycles. The molecule has 0 unspecified atom stereocenters. The number of hydrogen-bond donors (Lipinski definition) is 1. The molecule has 1 saturated carbocycles. The predicted molar refractivity (Wildman–Crippen MR) is 90.1 cm³/mol. The minimum Gasteiger partial charge on any atom is -0.378 e. The Morgan fingerprint density at radius 2 is 2.00 bits per heavy atom. The lowest BCUT2D eigenvalue weighted by Crippen LogP contribution is -2.25. The van der Waals surface area contributed by atoms with Crippen LogP contribution in [0.2, 0.25) is 0 Å². The van der Waals surface area contributed by atoms with Crippen molar-refractivity contribution < 1.29 is 9.53 Å². The molecule has 0 radical (unpaired) electrons. The lowest BCUT2D eigenvalue weighted by molar-refractivity contribution is -0.121. The van der Waals surface area contributed by atoms with Crippen LogP contribution < -0.4 is 5.32 Å². The molecule has 0 saturated heterocycles. The molecular weight excluding hydrogens is 274 g/mol. The maximum absolute atomic E-state index is 11.8. The number of carbonyl (C=O) groups is 1. The van der Waals surface area contributed by atoms with E-state index in [4.69, 9.17) is 4.74 Å². The Labute approximate surface area is 134 Å². The van der Waals surface area contributed by atoms with Gasteiger partial charge in [-0.1, -0.05) is 31.0 Å². The largest absolute Gasteiger partial charge is 0.378 e. The molecule has 2 rings (SSSR count). The fraction of sp³-hybridized carbons (Fsp3) is 0.632. The van der Waals surface area contributed by atoms with Gasteiger partial charge >= 0.3 is 0 Å². The van der Waals surface area contributed by atoms with Gasteiger partial charge < -0.3 is 10.1 Å². The Morgan fingerprint density at radius 3 is 2.73 bits per heavy atom. The molecule has 0 bridgehead atoms. The van der Waals surface area contributed by atoms with Crippen molar-refractivity contribution in [1.29, 1.82) is 0 Å². The molecule has 0 spiro atoms. The van der Waals surface area contributed by atoms with Gasteiger partial charge in [-0.25, -0.2) is 0 Å². The van der Waals surface area contributed by atoms with E-state index in [1.54, 1.807) is 0 Å². The molecule has 1 fully saturated rings. The van der Waals surface area contributed by atoms with Crippen molar-refractivity contribution in [3.63, 3.8) is 0 Å². The second-order valence-corrected chi connectivity index (χ2v) is 6.40. The van der Waals surface area contributed by atoms with E-state index in [-0.39, 0.29) is 5.91 Å². The summed E-state index contributed by atoms with van der Waals surface area (Å²) in [5.74, 6) is 0.138. The first kappa shape index (κ1) is 17.0. The summed E-state index contributed by atoms with van der Waals surface area (Å²) in [5, 5.41) is 2.99. The van der Waals surface area contributed by atoms with Crippen molar-refractivity contribution >= 4 is 5.91 Å². The molecule has 1 aromatic rings. The molecule has 3 heteroatoms. The van der Waals surface area contributed by atoms with Gasteiger partial charge in [0.1, 0.15) is 0 Å². The molecule has 22 heavy (non-hydrogen) atoms. The molecule has 0 heterocycles. The summed E-state index contributed by atoms with van der Waals surface area (Å²) in [4.78, 5) is 11.8. The van der Waals surface area contributed by atoms with Gasteiger partial charge in [-0.2, -0.15) is 0 Å². The third-order valence-corrected chi connectivity index (χ3v) is 4.51. The second kappa shape index (κ2) is 8.94. The first-order valence-electron chi connectivity index (χ1n) is 8.59. The molecule has 0 atom stereocenters. The van der Waals surface area contributed by atoms with Crippen LogP contribution in [0, 0.1) is 13.8 Å². The Balaban J connectivity index is 1.54. The van der Waals surface area contributed by atoms with Crippen molar-refractivity contribution in [2.45, 2.75) is 64.9 Å². The van der Waals surface area contributed by atoms with E-state index in [2.05, 4.69) is 37.4 Å². The van der Waals surface area contributed by atoms with Gasteiger partial charge in [-0.15, -0.1) is 0 Å². The minimum atomic E-state index is 0.138. The number of ether oxygens (including phenoxy) is 1. The topological polar surface area (TPSA) is 38.3 Å². The minimum absolute atomic E-state index is 0.138. The van der Waals surface area contributed by atoms with Crippen LogP contribution in [0.5, 0.6) is 0 Å². The number of carbonyl (C=O) groups excluding carboxylic acids is 1. The third-order valence-electron chi connectivity index (χ3n) is 4.51. The van der Waals surface area contributed by atoms with Crippen molar-refractivity contribution in [2.75, 3.05) is 13.2 Å². The number of aryl methyl sites for hydroxylation is 3. The Morgan fingerprint density at radius 1 is 1.23 bits per heavy atom. The van der Waals surface area contributed by atoms with Crippen LogP contribution in [0.3, 0.4) is 0 Å². The number of hydrogen-bond acceptors (Lipinski definition) is 2. The predicted octanol–water partition coefficient (Wildman–Crippen LogP) is 3.70. The molecule has 122 valence electrons. The highest BCUT2D eigenvalue weighted by molar-refractivity contribution is 5.76. The highest BCUT2D eigenvalue weighted by Crippen LogP contribution is 2.20. The van der Waals surface area contributed by atoms with E-state index in [0.717, 1.165) is 26.0 Å². The summed E-state index contributed by atoms with van der Waals surface area (Å²) >= 11 is 0. The molecule has 1 N–H and O–H groups in total. The van der Waals surface area contributed by atoms with Crippen LogP contribution >= 0.6 is 0 Å². The summed E-state index contributed by atoms with van der Waals surface area (Å²) in [5.41, 5.74) is 3.83. The van der Waals surface area contributed by atoms with Crippen LogP contribution in [0.15, 0.2) is 18.2 Å². The Kier molecular flexibility index (Phi) is 6.91. The van der Waals surface area contributed by atoms with E-state index in [0.29, 0.717) is 12.5 Å². The van der Waals surface area contributed by atoms with Crippen LogP contribution in [0.1, 0.15) is 55.2 Å².